The van der Waals surface area contributed by atoms with E-state index >= 15 is 0 Å². The molecule has 29 heavy (non-hydrogen) atoms. The molecule has 1 aliphatic heterocycles. The van der Waals surface area contributed by atoms with E-state index in [9.17, 15) is 4.39 Å². The lowest BCUT2D eigenvalue weighted by Gasteiger charge is -2.37. The lowest BCUT2D eigenvalue weighted by Crippen LogP contribution is -2.35. The molecule has 2 heterocycles. The fourth-order valence-corrected chi connectivity index (χ4v) is 4.20. The molecule has 4 rings (SSSR count). The van der Waals surface area contributed by atoms with Gasteiger partial charge in [-0.15, -0.1) is 12.4 Å². The van der Waals surface area contributed by atoms with Crippen molar-refractivity contribution < 1.29 is 4.39 Å². The molecular weight excluding hydrogens is 408 g/mol. The molecule has 1 unspecified atom stereocenters. The van der Waals surface area contributed by atoms with Crippen molar-refractivity contribution in [3.63, 3.8) is 0 Å². The van der Waals surface area contributed by atoms with Gasteiger partial charge >= 0.3 is 0 Å². The zero-order valence-corrected chi connectivity index (χ0v) is 18.3. The van der Waals surface area contributed by atoms with E-state index in [1.807, 2.05) is 19.1 Å². The molecule has 0 N–H and O–H groups in total. The van der Waals surface area contributed by atoms with Gasteiger partial charge in [-0.2, -0.15) is 0 Å². The third-order valence-corrected chi connectivity index (χ3v) is 5.99. The van der Waals surface area contributed by atoms with Gasteiger partial charge in [0.05, 0.1) is 6.04 Å². The SMILES string of the molecule is Cc1nc(Cc2ccc(F)cc2)nc(N2CCc3c(Cl)cccc3C2C)c1C.Cl. The first-order valence-electron chi connectivity index (χ1n) is 9.56. The molecule has 0 saturated heterocycles. The topological polar surface area (TPSA) is 29.0 Å². The molecular formula is C23H24Cl2FN3. The van der Waals surface area contributed by atoms with Crippen LogP contribution in [0.3, 0.4) is 0 Å². The molecule has 0 bridgehead atoms. The normalized spacial score (nSPS) is 15.6. The van der Waals surface area contributed by atoms with E-state index in [2.05, 4.69) is 29.8 Å². The van der Waals surface area contributed by atoms with Crippen LogP contribution in [0.15, 0.2) is 42.5 Å². The van der Waals surface area contributed by atoms with E-state index in [0.29, 0.717) is 6.42 Å². The number of fused-ring (bicyclic) bond motifs is 1. The number of aryl methyl sites for hydroxylation is 1. The summed E-state index contributed by atoms with van der Waals surface area (Å²) in [5, 5.41) is 0.844. The van der Waals surface area contributed by atoms with Crippen LogP contribution in [0, 0.1) is 19.7 Å². The summed E-state index contributed by atoms with van der Waals surface area (Å²) in [5.74, 6) is 1.50. The minimum absolute atomic E-state index is 0. The molecule has 2 aromatic carbocycles. The number of anilines is 1. The van der Waals surface area contributed by atoms with Gasteiger partial charge in [-0.25, -0.2) is 14.4 Å². The van der Waals surface area contributed by atoms with E-state index in [0.717, 1.165) is 46.5 Å². The number of aromatic nitrogens is 2. The van der Waals surface area contributed by atoms with Crippen LogP contribution < -0.4 is 4.90 Å². The van der Waals surface area contributed by atoms with Gasteiger partial charge in [0.25, 0.3) is 0 Å². The summed E-state index contributed by atoms with van der Waals surface area (Å²) in [7, 11) is 0. The second-order valence-corrected chi connectivity index (χ2v) is 7.81. The zero-order valence-electron chi connectivity index (χ0n) is 16.7. The standard InChI is InChI=1S/C23H23ClFN3.ClH/c1-14-15(2)26-22(13-17-7-9-18(25)10-8-17)27-23(14)28-12-11-20-19(16(28)3)5-4-6-21(20)24;/h4-10,16H,11-13H2,1-3H3;1H. The van der Waals surface area contributed by atoms with Crippen molar-refractivity contribution in [2.24, 2.45) is 0 Å². The van der Waals surface area contributed by atoms with Crippen molar-refractivity contribution in [2.45, 2.75) is 39.7 Å². The van der Waals surface area contributed by atoms with Gasteiger partial charge in [-0.1, -0.05) is 35.9 Å². The lowest BCUT2D eigenvalue weighted by atomic mass is 9.93. The van der Waals surface area contributed by atoms with Gasteiger partial charge in [-0.05, 0) is 62.1 Å². The molecule has 0 spiro atoms. The monoisotopic (exact) mass is 431 g/mol. The maximum Gasteiger partial charge on any atom is 0.136 e. The van der Waals surface area contributed by atoms with Crippen LogP contribution in [0.2, 0.25) is 5.02 Å². The van der Waals surface area contributed by atoms with Crippen LogP contribution in [-0.4, -0.2) is 16.5 Å². The fourth-order valence-electron chi connectivity index (χ4n) is 3.93. The van der Waals surface area contributed by atoms with Crippen LogP contribution in [0.25, 0.3) is 0 Å². The summed E-state index contributed by atoms with van der Waals surface area (Å²) in [5.41, 5.74) is 5.57. The second kappa shape index (κ2) is 8.68. The molecule has 3 aromatic rings. The Kier molecular flexibility index (Phi) is 6.45. The summed E-state index contributed by atoms with van der Waals surface area (Å²) in [6.45, 7) is 7.16. The van der Waals surface area contributed by atoms with E-state index in [4.69, 9.17) is 16.6 Å². The van der Waals surface area contributed by atoms with Crippen LogP contribution >= 0.6 is 24.0 Å². The van der Waals surface area contributed by atoms with Crippen molar-refractivity contribution in [2.75, 3.05) is 11.4 Å². The Morgan fingerprint density at radius 3 is 2.55 bits per heavy atom. The van der Waals surface area contributed by atoms with Gasteiger partial charge in [-0.3, -0.25) is 0 Å². The maximum atomic E-state index is 13.2. The highest BCUT2D eigenvalue weighted by atomic mass is 35.5. The van der Waals surface area contributed by atoms with Gasteiger partial charge in [0, 0.05) is 29.2 Å². The van der Waals surface area contributed by atoms with E-state index < -0.39 is 0 Å². The first-order chi connectivity index (χ1) is 13.4. The summed E-state index contributed by atoms with van der Waals surface area (Å²) in [4.78, 5) is 11.9. The smallest absolute Gasteiger partial charge is 0.136 e. The van der Waals surface area contributed by atoms with E-state index in [-0.39, 0.29) is 24.3 Å². The Balaban J connectivity index is 0.00000240. The van der Waals surface area contributed by atoms with Crippen LogP contribution in [-0.2, 0) is 12.8 Å². The fraction of sp³-hybridized carbons (Fsp3) is 0.304. The van der Waals surface area contributed by atoms with Crippen molar-refractivity contribution in [1.29, 1.82) is 0 Å². The van der Waals surface area contributed by atoms with Crippen LogP contribution in [0.1, 0.15) is 46.7 Å². The average molecular weight is 432 g/mol. The molecule has 0 amide bonds. The molecule has 0 aliphatic carbocycles. The Bertz CT molecular complexity index is 1020. The Labute approximate surface area is 182 Å². The molecule has 3 nitrogen and oxygen atoms in total. The Morgan fingerprint density at radius 2 is 1.83 bits per heavy atom. The largest absolute Gasteiger partial charge is 0.349 e. The predicted molar refractivity (Wildman–Crippen MR) is 119 cm³/mol. The Hall–Kier alpha value is -2.17. The number of hydrogen-bond acceptors (Lipinski definition) is 3. The second-order valence-electron chi connectivity index (χ2n) is 7.40. The summed E-state index contributed by atoms with van der Waals surface area (Å²) in [6.07, 6.45) is 1.48. The lowest BCUT2D eigenvalue weighted by molar-refractivity contribution is 0.611. The molecule has 1 aromatic heterocycles. The van der Waals surface area contributed by atoms with Crippen molar-refractivity contribution in [1.82, 2.24) is 9.97 Å². The molecule has 152 valence electrons. The van der Waals surface area contributed by atoms with Crippen LogP contribution in [0.5, 0.6) is 0 Å². The first kappa shape index (κ1) is 21.5. The number of nitrogens with zero attached hydrogens (tertiary/aromatic N) is 3. The van der Waals surface area contributed by atoms with Gasteiger partial charge < -0.3 is 4.90 Å². The van der Waals surface area contributed by atoms with Gasteiger partial charge in [0.15, 0.2) is 0 Å². The van der Waals surface area contributed by atoms with Crippen LogP contribution in [0.4, 0.5) is 10.2 Å². The van der Waals surface area contributed by atoms with Gasteiger partial charge in [0.2, 0.25) is 0 Å². The molecule has 1 aliphatic rings. The number of benzene rings is 2. The zero-order chi connectivity index (χ0) is 19.8. The predicted octanol–water partition coefficient (Wildman–Crippen LogP) is 6.02. The quantitative estimate of drug-likeness (QED) is 0.507. The molecule has 0 radical (unpaired) electrons. The van der Waals surface area contributed by atoms with Crippen molar-refractivity contribution in [3.05, 3.63) is 87.1 Å². The minimum Gasteiger partial charge on any atom is -0.349 e. The average Bonchev–Trinajstić information content (AvgIpc) is 2.68. The number of hydrogen-bond donors (Lipinski definition) is 0. The highest BCUT2D eigenvalue weighted by Gasteiger charge is 2.28. The molecule has 6 heteroatoms. The van der Waals surface area contributed by atoms with E-state index in [1.54, 1.807) is 12.1 Å². The number of rotatable bonds is 3. The third-order valence-electron chi connectivity index (χ3n) is 5.63. The summed E-state index contributed by atoms with van der Waals surface area (Å²) < 4.78 is 13.2. The minimum atomic E-state index is -0.232. The first-order valence-corrected chi connectivity index (χ1v) is 9.94. The maximum absolute atomic E-state index is 13.2. The summed E-state index contributed by atoms with van der Waals surface area (Å²) >= 11 is 6.41. The molecule has 0 saturated carbocycles. The number of halogens is 3. The summed E-state index contributed by atoms with van der Waals surface area (Å²) in [6, 6.07) is 12.8. The van der Waals surface area contributed by atoms with Crippen molar-refractivity contribution >= 4 is 29.8 Å². The third kappa shape index (κ3) is 4.24. The molecule has 1 atom stereocenters. The highest BCUT2D eigenvalue weighted by Crippen LogP contribution is 2.37. The Morgan fingerprint density at radius 1 is 1.10 bits per heavy atom. The highest BCUT2D eigenvalue weighted by molar-refractivity contribution is 6.31. The van der Waals surface area contributed by atoms with Crippen molar-refractivity contribution in [3.8, 4) is 0 Å². The van der Waals surface area contributed by atoms with Gasteiger partial charge in [0.1, 0.15) is 17.5 Å². The molecule has 0 fully saturated rings. The van der Waals surface area contributed by atoms with E-state index in [1.165, 1.54) is 23.3 Å².